The van der Waals surface area contributed by atoms with Crippen molar-refractivity contribution in [2.24, 2.45) is 14.1 Å². The number of nitrogens with zero attached hydrogens (tertiary/aromatic N) is 6. The number of piperidine rings is 1. The van der Waals surface area contributed by atoms with Crippen LogP contribution in [0, 0.1) is 0 Å². The van der Waals surface area contributed by atoms with Gasteiger partial charge in [0, 0.05) is 62.3 Å². The highest BCUT2D eigenvalue weighted by Gasteiger charge is 2.26. The number of imidazole rings is 1. The number of para-hydroxylation sites is 2. The molecule has 1 aromatic carbocycles. The number of aromatic nitrogens is 5. The van der Waals surface area contributed by atoms with Gasteiger partial charge in [-0.25, -0.2) is 4.79 Å². The highest BCUT2D eigenvalue weighted by Crippen LogP contribution is 2.27. The molecule has 1 amide bonds. The maximum absolute atomic E-state index is 13.1. The van der Waals surface area contributed by atoms with Crippen molar-refractivity contribution in [3.05, 3.63) is 71.2 Å². The summed E-state index contributed by atoms with van der Waals surface area (Å²) in [5, 5.41) is 4.21. The fourth-order valence-electron chi connectivity index (χ4n) is 4.58. The van der Waals surface area contributed by atoms with E-state index in [2.05, 4.69) is 17.2 Å². The predicted molar refractivity (Wildman–Crippen MR) is 122 cm³/mol. The van der Waals surface area contributed by atoms with E-state index >= 15 is 0 Å². The summed E-state index contributed by atoms with van der Waals surface area (Å²) < 4.78 is 4.94. The molecule has 0 bridgehead atoms. The second-order valence-corrected chi connectivity index (χ2v) is 8.47. The van der Waals surface area contributed by atoms with Crippen LogP contribution in [0.1, 0.15) is 24.5 Å². The summed E-state index contributed by atoms with van der Waals surface area (Å²) in [6, 6.07) is 11.7. The first kappa shape index (κ1) is 20.2. The van der Waals surface area contributed by atoms with Crippen LogP contribution in [-0.2, 0) is 25.4 Å². The summed E-state index contributed by atoms with van der Waals surface area (Å²) in [7, 11) is 3.63. The van der Waals surface area contributed by atoms with E-state index < -0.39 is 0 Å². The highest BCUT2D eigenvalue weighted by molar-refractivity contribution is 5.81. The van der Waals surface area contributed by atoms with Crippen molar-refractivity contribution in [1.29, 1.82) is 0 Å². The molecule has 32 heavy (non-hydrogen) atoms. The lowest BCUT2D eigenvalue weighted by Gasteiger charge is -2.32. The SMILES string of the molecule is Cn1cc(-c2ccc(C3CCCN(C(=O)Cn4c(=O)n(C)c5ccccc54)C3)nc2)cn1. The average molecular weight is 431 g/mol. The van der Waals surface area contributed by atoms with Crippen molar-refractivity contribution in [1.82, 2.24) is 28.8 Å². The molecule has 0 radical (unpaired) electrons. The van der Waals surface area contributed by atoms with Crippen LogP contribution in [0.3, 0.4) is 0 Å². The monoisotopic (exact) mass is 430 g/mol. The zero-order chi connectivity index (χ0) is 22.2. The van der Waals surface area contributed by atoms with Gasteiger partial charge in [0.25, 0.3) is 0 Å². The molecule has 3 aromatic heterocycles. The zero-order valence-electron chi connectivity index (χ0n) is 18.3. The Kier molecular flexibility index (Phi) is 5.13. The number of carbonyl (C=O) groups excluding carboxylic acids is 1. The van der Waals surface area contributed by atoms with Gasteiger partial charge >= 0.3 is 5.69 Å². The van der Waals surface area contributed by atoms with Crippen molar-refractivity contribution in [3.8, 4) is 11.1 Å². The minimum atomic E-state index is -0.166. The Morgan fingerprint density at radius 1 is 1.06 bits per heavy atom. The number of aryl methyl sites for hydroxylation is 2. The summed E-state index contributed by atoms with van der Waals surface area (Å²) in [4.78, 5) is 32.4. The summed E-state index contributed by atoms with van der Waals surface area (Å²) in [6.45, 7) is 1.39. The third-order valence-electron chi connectivity index (χ3n) is 6.36. The second kappa shape index (κ2) is 8.11. The number of pyridine rings is 1. The Morgan fingerprint density at radius 2 is 1.88 bits per heavy atom. The van der Waals surface area contributed by atoms with Crippen molar-refractivity contribution < 1.29 is 4.79 Å². The molecule has 8 nitrogen and oxygen atoms in total. The molecule has 4 aromatic rings. The molecule has 1 fully saturated rings. The summed E-state index contributed by atoms with van der Waals surface area (Å²) in [6.07, 6.45) is 7.59. The first-order valence-electron chi connectivity index (χ1n) is 10.9. The van der Waals surface area contributed by atoms with E-state index in [1.807, 2.05) is 54.8 Å². The largest absolute Gasteiger partial charge is 0.340 e. The predicted octanol–water partition coefficient (Wildman–Crippen LogP) is 2.54. The molecular weight excluding hydrogens is 404 g/mol. The quantitative estimate of drug-likeness (QED) is 0.499. The van der Waals surface area contributed by atoms with Crippen LogP contribution in [0.5, 0.6) is 0 Å². The number of amides is 1. The lowest BCUT2D eigenvalue weighted by molar-refractivity contribution is -0.133. The van der Waals surface area contributed by atoms with Gasteiger partial charge in [-0.2, -0.15) is 5.10 Å². The highest BCUT2D eigenvalue weighted by atomic mass is 16.2. The van der Waals surface area contributed by atoms with Gasteiger partial charge in [0.05, 0.1) is 17.2 Å². The van der Waals surface area contributed by atoms with Gasteiger partial charge in [-0.1, -0.05) is 18.2 Å². The molecular formula is C24H26N6O2. The molecule has 4 heterocycles. The minimum absolute atomic E-state index is 0.0277. The van der Waals surface area contributed by atoms with Crippen molar-refractivity contribution in [3.63, 3.8) is 0 Å². The maximum atomic E-state index is 13.1. The van der Waals surface area contributed by atoms with Crippen LogP contribution in [0.2, 0.25) is 0 Å². The van der Waals surface area contributed by atoms with Gasteiger partial charge in [-0.15, -0.1) is 0 Å². The van der Waals surface area contributed by atoms with Gasteiger partial charge < -0.3 is 4.90 Å². The van der Waals surface area contributed by atoms with E-state index in [0.29, 0.717) is 13.1 Å². The number of fused-ring (bicyclic) bond motifs is 1. The molecule has 1 aliphatic heterocycles. The Balaban J connectivity index is 1.32. The van der Waals surface area contributed by atoms with E-state index in [1.165, 1.54) is 0 Å². The summed E-state index contributed by atoms with van der Waals surface area (Å²) in [5.74, 6) is 0.167. The summed E-state index contributed by atoms with van der Waals surface area (Å²) >= 11 is 0. The Labute approximate surface area is 185 Å². The summed E-state index contributed by atoms with van der Waals surface area (Å²) in [5.41, 5.74) is 4.51. The Bertz CT molecular complexity index is 1330. The third-order valence-corrected chi connectivity index (χ3v) is 6.36. The van der Waals surface area contributed by atoms with Gasteiger partial charge in [0.15, 0.2) is 0 Å². The molecule has 1 unspecified atom stereocenters. The van der Waals surface area contributed by atoms with Crippen molar-refractivity contribution in [2.45, 2.75) is 25.3 Å². The molecule has 0 spiro atoms. The number of hydrogen-bond donors (Lipinski definition) is 0. The van der Waals surface area contributed by atoms with Crippen LogP contribution in [-0.4, -0.2) is 47.8 Å². The van der Waals surface area contributed by atoms with E-state index in [1.54, 1.807) is 20.9 Å². The minimum Gasteiger partial charge on any atom is -0.340 e. The average Bonchev–Trinajstić information content (AvgIpc) is 3.36. The second-order valence-electron chi connectivity index (χ2n) is 8.47. The number of likely N-dealkylation sites (tertiary alicyclic amines) is 1. The molecule has 164 valence electrons. The van der Waals surface area contributed by atoms with E-state index in [-0.39, 0.29) is 24.1 Å². The molecule has 0 saturated carbocycles. The van der Waals surface area contributed by atoms with Crippen molar-refractivity contribution >= 4 is 16.9 Å². The van der Waals surface area contributed by atoms with E-state index in [4.69, 9.17) is 4.98 Å². The Morgan fingerprint density at radius 3 is 2.59 bits per heavy atom. The normalized spacial score (nSPS) is 16.6. The lowest BCUT2D eigenvalue weighted by atomic mass is 9.93. The Hall–Kier alpha value is -3.68. The number of benzene rings is 1. The van der Waals surface area contributed by atoms with Gasteiger partial charge in [-0.3, -0.25) is 23.6 Å². The van der Waals surface area contributed by atoms with Crippen LogP contribution >= 0.6 is 0 Å². The smallest absolute Gasteiger partial charge is 0.329 e. The van der Waals surface area contributed by atoms with Crippen molar-refractivity contribution in [2.75, 3.05) is 13.1 Å². The maximum Gasteiger partial charge on any atom is 0.329 e. The first-order valence-corrected chi connectivity index (χ1v) is 10.9. The van der Waals surface area contributed by atoms with Gasteiger partial charge in [0.2, 0.25) is 5.91 Å². The topological polar surface area (TPSA) is 78.0 Å². The van der Waals surface area contributed by atoms with Crippen LogP contribution in [0.15, 0.2) is 59.8 Å². The lowest BCUT2D eigenvalue weighted by Crippen LogP contribution is -2.42. The number of carbonyl (C=O) groups is 1. The molecule has 0 aliphatic carbocycles. The molecule has 1 aliphatic rings. The van der Waals surface area contributed by atoms with Crippen LogP contribution in [0.4, 0.5) is 0 Å². The molecule has 5 rings (SSSR count). The standard InChI is InChI=1S/C24H26N6O2/c1-27-14-19(13-26-27)17-9-10-20(25-12-17)18-6-5-11-29(15-18)23(31)16-30-22-8-4-3-7-21(22)28(2)24(30)32/h3-4,7-10,12-14,18H,5-6,11,15-16H2,1-2H3. The van der Waals surface area contributed by atoms with Gasteiger partial charge in [-0.05, 0) is 31.0 Å². The van der Waals surface area contributed by atoms with Crippen LogP contribution in [0.25, 0.3) is 22.2 Å². The first-order chi connectivity index (χ1) is 15.5. The number of hydrogen-bond acceptors (Lipinski definition) is 4. The zero-order valence-corrected chi connectivity index (χ0v) is 18.3. The third kappa shape index (κ3) is 3.62. The molecule has 8 heteroatoms. The molecule has 0 N–H and O–H groups in total. The fourth-order valence-corrected chi connectivity index (χ4v) is 4.58. The van der Waals surface area contributed by atoms with Crippen LogP contribution < -0.4 is 5.69 Å². The van der Waals surface area contributed by atoms with E-state index in [9.17, 15) is 9.59 Å². The fraction of sp³-hybridized carbons (Fsp3) is 0.333. The molecule has 1 saturated heterocycles. The molecule has 1 atom stereocenters. The van der Waals surface area contributed by atoms with E-state index in [0.717, 1.165) is 40.7 Å². The number of rotatable bonds is 4. The van der Waals surface area contributed by atoms with Gasteiger partial charge in [0.1, 0.15) is 6.54 Å².